The highest BCUT2D eigenvalue weighted by molar-refractivity contribution is 5.82. The van der Waals surface area contributed by atoms with E-state index in [2.05, 4.69) is 4.98 Å². The van der Waals surface area contributed by atoms with Crippen LogP contribution >= 0.6 is 0 Å². The molecular weight excluding hydrogens is 320 g/mol. The van der Waals surface area contributed by atoms with Crippen LogP contribution in [0.3, 0.4) is 0 Å². The number of nitrogens with zero attached hydrogens (tertiary/aromatic N) is 2. The van der Waals surface area contributed by atoms with Crippen molar-refractivity contribution in [2.24, 2.45) is 0 Å². The molecule has 0 N–H and O–H groups in total. The Morgan fingerprint density at radius 1 is 0.920 bits per heavy atom. The lowest BCUT2D eigenvalue weighted by Crippen LogP contribution is -2.27. The fraction of sp³-hybridized carbons (Fsp3) is 0.263. The molecule has 0 radical (unpaired) electrons. The predicted octanol–water partition coefficient (Wildman–Crippen LogP) is 2.76. The summed E-state index contributed by atoms with van der Waals surface area (Å²) in [5.74, 6) is 1.78. The predicted molar refractivity (Wildman–Crippen MR) is 96.5 cm³/mol. The van der Waals surface area contributed by atoms with Gasteiger partial charge in [0.2, 0.25) is 0 Å². The lowest BCUT2D eigenvalue weighted by atomic mass is 10.1. The molecule has 0 aliphatic rings. The van der Waals surface area contributed by atoms with Gasteiger partial charge in [-0.3, -0.25) is 4.79 Å². The largest absolute Gasteiger partial charge is 0.496 e. The smallest absolute Gasteiger partial charge is 0.294 e. The van der Waals surface area contributed by atoms with Crippen molar-refractivity contribution in [1.82, 2.24) is 9.71 Å². The Morgan fingerprint density at radius 3 is 2.24 bits per heavy atom. The summed E-state index contributed by atoms with van der Waals surface area (Å²) in [6, 6.07) is 9.18. The van der Waals surface area contributed by atoms with Crippen LogP contribution in [0.15, 0.2) is 35.1 Å². The summed E-state index contributed by atoms with van der Waals surface area (Å²) in [4.78, 5) is 22.8. The Balaban J connectivity index is 2.34. The monoisotopic (exact) mass is 340 g/mol. The molecule has 1 heterocycles. The highest BCUT2D eigenvalue weighted by Crippen LogP contribution is 2.27. The number of hydrogen-bond acceptors (Lipinski definition) is 5. The molecule has 130 valence electrons. The van der Waals surface area contributed by atoms with Crippen LogP contribution in [0, 0.1) is 13.8 Å². The molecule has 0 amide bonds. The maximum Gasteiger partial charge on any atom is 0.294 e. The molecule has 0 spiro atoms. The molecule has 0 saturated carbocycles. The van der Waals surface area contributed by atoms with Gasteiger partial charge in [-0.25, -0.2) is 4.98 Å². The van der Waals surface area contributed by atoms with Gasteiger partial charge in [0, 0.05) is 5.56 Å². The number of aromatic nitrogens is 2. The van der Waals surface area contributed by atoms with E-state index in [9.17, 15) is 4.79 Å². The zero-order valence-corrected chi connectivity index (χ0v) is 14.9. The third-order valence-electron chi connectivity index (χ3n) is 4.20. The van der Waals surface area contributed by atoms with E-state index in [-0.39, 0.29) is 5.56 Å². The minimum absolute atomic E-state index is 0.291. The topological polar surface area (TPSA) is 62.6 Å². The van der Waals surface area contributed by atoms with Crippen LogP contribution in [-0.4, -0.2) is 31.0 Å². The van der Waals surface area contributed by atoms with Crippen molar-refractivity contribution in [2.45, 2.75) is 13.8 Å². The van der Waals surface area contributed by atoms with Gasteiger partial charge >= 0.3 is 0 Å². The maximum atomic E-state index is 12.9. The highest BCUT2D eigenvalue weighted by atomic mass is 16.7. The Morgan fingerprint density at radius 2 is 1.60 bits per heavy atom. The molecule has 25 heavy (non-hydrogen) atoms. The van der Waals surface area contributed by atoms with Gasteiger partial charge in [-0.1, -0.05) is 12.1 Å². The first-order valence-corrected chi connectivity index (χ1v) is 7.81. The van der Waals surface area contributed by atoms with E-state index in [1.165, 1.54) is 11.8 Å². The second-order valence-electron chi connectivity index (χ2n) is 5.74. The third kappa shape index (κ3) is 2.80. The highest BCUT2D eigenvalue weighted by Gasteiger charge is 2.16. The molecular formula is C19H20N2O4. The number of ether oxygens (including phenoxy) is 2. The molecule has 6 heteroatoms. The zero-order chi connectivity index (χ0) is 18.1. The first-order chi connectivity index (χ1) is 12.0. The Hall–Kier alpha value is -3.02. The van der Waals surface area contributed by atoms with Crippen LogP contribution in [0.5, 0.6) is 11.5 Å². The average Bonchev–Trinajstić information content (AvgIpc) is 2.61. The summed E-state index contributed by atoms with van der Waals surface area (Å²) >= 11 is 0. The van der Waals surface area contributed by atoms with Crippen molar-refractivity contribution in [3.8, 4) is 22.9 Å². The van der Waals surface area contributed by atoms with Gasteiger partial charge in [0.05, 0.1) is 25.1 Å². The number of methoxy groups -OCH3 is 2. The van der Waals surface area contributed by atoms with E-state index >= 15 is 0 Å². The van der Waals surface area contributed by atoms with Crippen LogP contribution in [0.2, 0.25) is 0 Å². The number of hydrogen-bond donors (Lipinski definition) is 0. The Labute approximate surface area is 145 Å². The van der Waals surface area contributed by atoms with Crippen molar-refractivity contribution in [3.63, 3.8) is 0 Å². The van der Waals surface area contributed by atoms with Crippen molar-refractivity contribution < 1.29 is 14.3 Å². The molecule has 2 aromatic carbocycles. The standard InChI is InChI=1S/C19H20N2O4/c1-11-6-7-13(9-16(11)23-3)18-20-15-8-12(2)17(24-4)10-14(15)19(22)21(18)25-5/h6-10H,1-5H3. The Kier molecular flexibility index (Phi) is 4.35. The molecule has 6 nitrogen and oxygen atoms in total. The molecule has 1 aromatic heterocycles. The van der Waals surface area contributed by atoms with Gasteiger partial charge in [-0.15, -0.1) is 4.73 Å². The molecule has 3 rings (SSSR count). The number of fused-ring (bicyclic) bond motifs is 1. The van der Waals surface area contributed by atoms with Gasteiger partial charge in [0.15, 0.2) is 5.82 Å². The average molecular weight is 340 g/mol. The Bertz CT molecular complexity index is 1010. The molecule has 0 aliphatic heterocycles. The van der Waals surface area contributed by atoms with Crippen LogP contribution in [-0.2, 0) is 0 Å². The molecule has 0 unspecified atom stereocenters. The first kappa shape index (κ1) is 16.8. The maximum absolute atomic E-state index is 12.9. The molecule has 0 bridgehead atoms. The number of aryl methyl sites for hydroxylation is 2. The molecule has 0 fully saturated rings. The molecule has 0 atom stereocenters. The fourth-order valence-corrected chi connectivity index (χ4v) is 2.83. The lowest BCUT2D eigenvalue weighted by molar-refractivity contribution is 0.160. The van der Waals surface area contributed by atoms with E-state index in [0.29, 0.717) is 22.5 Å². The van der Waals surface area contributed by atoms with Crippen molar-refractivity contribution in [2.75, 3.05) is 21.3 Å². The van der Waals surface area contributed by atoms with E-state index < -0.39 is 0 Å². The first-order valence-electron chi connectivity index (χ1n) is 7.81. The summed E-state index contributed by atoms with van der Waals surface area (Å²) in [6.45, 7) is 3.87. The van der Waals surface area contributed by atoms with Gasteiger partial charge in [0.25, 0.3) is 5.56 Å². The van der Waals surface area contributed by atoms with Crippen molar-refractivity contribution in [1.29, 1.82) is 0 Å². The molecule has 3 aromatic rings. The van der Waals surface area contributed by atoms with Gasteiger partial charge in [-0.2, -0.15) is 0 Å². The van der Waals surface area contributed by atoms with Gasteiger partial charge in [0.1, 0.15) is 18.6 Å². The van der Waals surface area contributed by atoms with Crippen LogP contribution < -0.4 is 19.9 Å². The minimum atomic E-state index is -0.291. The SMILES string of the molecule is COc1cc(-c2nc3cc(C)c(OC)cc3c(=O)n2OC)ccc1C. The molecule has 0 saturated heterocycles. The van der Waals surface area contributed by atoms with E-state index in [1.807, 2.05) is 38.1 Å². The second kappa shape index (κ2) is 6.47. The number of rotatable bonds is 4. The summed E-state index contributed by atoms with van der Waals surface area (Å²) in [5.41, 5.74) is 2.94. The van der Waals surface area contributed by atoms with Crippen LogP contribution in [0.1, 0.15) is 11.1 Å². The minimum Gasteiger partial charge on any atom is -0.496 e. The molecule has 0 aliphatic carbocycles. The number of benzene rings is 2. The quantitative estimate of drug-likeness (QED) is 0.731. The van der Waals surface area contributed by atoms with Gasteiger partial charge in [-0.05, 0) is 43.2 Å². The lowest BCUT2D eigenvalue weighted by Gasteiger charge is -2.14. The third-order valence-corrected chi connectivity index (χ3v) is 4.20. The van der Waals surface area contributed by atoms with Crippen molar-refractivity contribution >= 4 is 10.9 Å². The van der Waals surface area contributed by atoms with E-state index in [0.717, 1.165) is 22.4 Å². The zero-order valence-electron chi connectivity index (χ0n) is 14.9. The normalized spacial score (nSPS) is 10.8. The van der Waals surface area contributed by atoms with Crippen molar-refractivity contribution in [3.05, 3.63) is 51.8 Å². The van der Waals surface area contributed by atoms with E-state index in [4.69, 9.17) is 14.3 Å². The van der Waals surface area contributed by atoms with Gasteiger partial charge < -0.3 is 14.3 Å². The van der Waals surface area contributed by atoms with Crippen LogP contribution in [0.4, 0.5) is 0 Å². The summed E-state index contributed by atoms with van der Waals surface area (Å²) < 4.78 is 11.9. The fourth-order valence-electron chi connectivity index (χ4n) is 2.83. The summed E-state index contributed by atoms with van der Waals surface area (Å²) in [7, 11) is 4.62. The summed E-state index contributed by atoms with van der Waals surface area (Å²) in [6.07, 6.45) is 0. The van der Waals surface area contributed by atoms with Crippen LogP contribution in [0.25, 0.3) is 22.3 Å². The summed E-state index contributed by atoms with van der Waals surface area (Å²) in [5, 5.41) is 0.437. The second-order valence-corrected chi connectivity index (χ2v) is 5.74. The van der Waals surface area contributed by atoms with E-state index in [1.54, 1.807) is 20.3 Å².